The maximum absolute atomic E-state index is 12.0. The second-order valence-electron chi connectivity index (χ2n) is 6.37. The van der Waals surface area contributed by atoms with E-state index in [9.17, 15) is 4.79 Å². The zero-order valence-corrected chi connectivity index (χ0v) is 11.9. The molecule has 98 valence electrons. The van der Waals surface area contributed by atoms with Crippen molar-refractivity contribution in [2.24, 2.45) is 11.8 Å². The first-order valence-corrected chi connectivity index (χ1v) is 7.03. The van der Waals surface area contributed by atoms with Gasteiger partial charge in [0.1, 0.15) is 5.60 Å². The van der Waals surface area contributed by atoms with Crippen LogP contribution in [0.3, 0.4) is 0 Å². The summed E-state index contributed by atoms with van der Waals surface area (Å²) in [5, 5.41) is 0.523. The summed E-state index contributed by atoms with van der Waals surface area (Å²) in [5.74, 6) is 1.31. The fraction of sp³-hybridized carbons (Fsp3) is 0.923. The summed E-state index contributed by atoms with van der Waals surface area (Å²) in [6.45, 7) is 7.48. The maximum Gasteiger partial charge on any atom is 0.410 e. The molecule has 3 nitrogen and oxygen atoms in total. The van der Waals surface area contributed by atoms with Crippen molar-refractivity contribution in [2.75, 3.05) is 13.1 Å². The summed E-state index contributed by atoms with van der Waals surface area (Å²) in [6.07, 6.45) is 3.39. The van der Waals surface area contributed by atoms with E-state index in [-0.39, 0.29) is 6.09 Å². The predicted octanol–water partition coefficient (Wildman–Crippen LogP) is 2.95. The van der Waals surface area contributed by atoms with E-state index in [0.29, 0.717) is 17.1 Å². The monoisotopic (exact) mass is 257 g/mol. The molecule has 3 atom stereocenters. The molecule has 1 aliphatic carbocycles. The number of carbonyl (C=O) groups excluding carboxylic acids is 1. The molecule has 0 radical (unpaired) electrons. The third kappa shape index (κ3) is 3.30. The van der Waals surface area contributed by atoms with Gasteiger partial charge in [0.15, 0.2) is 0 Å². The lowest BCUT2D eigenvalue weighted by Crippen LogP contribution is -2.35. The van der Waals surface area contributed by atoms with Crippen LogP contribution in [0.1, 0.15) is 40.0 Å². The number of nitrogens with zero attached hydrogens (tertiary/aromatic N) is 1. The molecule has 0 spiro atoms. The number of ether oxygens (including phenoxy) is 1. The van der Waals surface area contributed by atoms with Crippen molar-refractivity contribution in [1.82, 2.24) is 4.90 Å². The molecule has 1 aliphatic heterocycles. The van der Waals surface area contributed by atoms with Gasteiger partial charge in [0, 0.05) is 18.3 Å². The van der Waals surface area contributed by atoms with Crippen LogP contribution in [0.5, 0.6) is 0 Å². The van der Waals surface area contributed by atoms with Gasteiger partial charge < -0.3 is 9.64 Å². The number of thiol groups is 1. The minimum absolute atomic E-state index is 0.150. The summed E-state index contributed by atoms with van der Waals surface area (Å²) in [6, 6.07) is 0. The molecular weight excluding hydrogens is 234 g/mol. The fourth-order valence-electron chi connectivity index (χ4n) is 2.88. The Hall–Kier alpha value is -0.380. The van der Waals surface area contributed by atoms with E-state index < -0.39 is 5.60 Å². The van der Waals surface area contributed by atoms with Crippen LogP contribution in [0.25, 0.3) is 0 Å². The zero-order chi connectivity index (χ0) is 12.6. The van der Waals surface area contributed by atoms with E-state index >= 15 is 0 Å². The van der Waals surface area contributed by atoms with Crippen molar-refractivity contribution >= 4 is 18.7 Å². The smallest absolute Gasteiger partial charge is 0.410 e. The molecule has 1 saturated carbocycles. The largest absolute Gasteiger partial charge is 0.444 e. The summed E-state index contributed by atoms with van der Waals surface area (Å²) in [4.78, 5) is 13.9. The minimum atomic E-state index is -0.392. The van der Waals surface area contributed by atoms with Gasteiger partial charge in [-0.1, -0.05) is 0 Å². The molecule has 0 N–H and O–H groups in total. The SMILES string of the molecule is CC(C)(C)OC(=O)N1CC2CCC(S)CC2C1. The third-order valence-electron chi connectivity index (χ3n) is 3.67. The first-order valence-electron chi connectivity index (χ1n) is 6.51. The number of likely N-dealkylation sites (tertiary alicyclic amines) is 1. The Kier molecular flexibility index (Phi) is 3.62. The Morgan fingerprint density at radius 1 is 1.24 bits per heavy atom. The Morgan fingerprint density at radius 3 is 2.53 bits per heavy atom. The van der Waals surface area contributed by atoms with Gasteiger partial charge >= 0.3 is 6.09 Å². The fourth-order valence-corrected chi connectivity index (χ4v) is 3.30. The lowest BCUT2D eigenvalue weighted by Gasteiger charge is -2.27. The number of carbonyl (C=O) groups is 1. The van der Waals surface area contributed by atoms with Crippen LogP contribution < -0.4 is 0 Å². The molecule has 2 aliphatic rings. The van der Waals surface area contributed by atoms with E-state index in [1.807, 2.05) is 25.7 Å². The van der Waals surface area contributed by atoms with Gasteiger partial charge in [0.25, 0.3) is 0 Å². The van der Waals surface area contributed by atoms with E-state index in [0.717, 1.165) is 19.5 Å². The highest BCUT2D eigenvalue weighted by Gasteiger charge is 2.39. The summed E-state index contributed by atoms with van der Waals surface area (Å²) in [7, 11) is 0. The number of amides is 1. The molecule has 1 heterocycles. The molecule has 0 bridgehead atoms. The van der Waals surface area contributed by atoms with Crippen LogP contribution >= 0.6 is 12.6 Å². The lowest BCUT2D eigenvalue weighted by molar-refractivity contribution is 0.0284. The van der Waals surface area contributed by atoms with E-state index in [2.05, 4.69) is 12.6 Å². The topological polar surface area (TPSA) is 29.5 Å². The minimum Gasteiger partial charge on any atom is -0.444 e. The molecule has 1 saturated heterocycles. The first-order chi connectivity index (χ1) is 7.85. The van der Waals surface area contributed by atoms with Crippen LogP contribution in [0, 0.1) is 11.8 Å². The van der Waals surface area contributed by atoms with Crippen molar-refractivity contribution in [3.63, 3.8) is 0 Å². The molecule has 1 amide bonds. The Morgan fingerprint density at radius 2 is 1.88 bits per heavy atom. The van der Waals surface area contributed by atoms with E-state index in [1.165, 1.54) is 12.8 Å². The second-order valence-corrected chi connectivity index (χ2v) is 7.10. The molecule has 17 heavy (non-hydrogen) atoms. The van der Waals surface area contributed by atoms with Crippen molar-refractivity contribution in [3.05, 3.63) is 0 Å². The summed E-state index contributed by atoms with van der Waals surface area (Å²) in [5.41, 5.74) is -0.392. The molecular formula is C13H23NO2S. The molecule has 3 unspecified atom stereocenters. The van der Waals surface area contributed by atoms with Gasteiger partial charge in [0.05, 0.1) is 0 Å². The van der Waals surface area contributed by atoms with E-state index in [1.54, 1.807) is 0 Å². The van der Waals surface area contributed by atoms with Gasteiger partial charge in [-0.25, -0.2) is 4.79 Å². The first kappa shape index (κ1) is 13.1. The van der Waals surface area contributed by atoms with E-state index in [4.69, 9.17) is 4.74 Å². The van der Waals surface area contributed by atoms with Gasteiger partial charge in [-0.2, -0.15) is 12.6 Å². The van der Waals surface area contributed by atoms with Gasteiger partial charge in [0.2, 0.25) is 0 Å². The van der Waals surface area contributed by atoms with Gasteiger partial charge in [-0.3, -0.25) is 0 Å². The van der Waals surface area contributed by atoms with Crippen molar-refractivity contribution in [2.45, 2.75) is 50.9 Å². The molecule has 2 rings (SSSR count). The van der Waals surface area contributed by atoms with Gasteiger partial charge in [-0.15, -0.1) is 0 Å². The van der Waals surface area contributed by atoms with Crippen LogP contribution in [0.15, 0.2) is 0 Å². The third-order valence-corrected chi connectivity index (χ3v) is 4.14. The highest BCUT2D eigenvalue weighted by Crippen LogP contribution is 2.38. The Balaban J connectivity index is 1.91. The average molecular weight is 257 g/mol. The maximum atomic E-state index is 12.0. The standard InChI is InChI=1S/C13H23NO2S/c1-13(2,3)16-12(15)14-7-9-4-5-11(17)6-10(9)8-14/h9-11,17H,4-8H2,1-3H3. The Labute approximate surface area is 109 Å². The molecule has 0 aromatic carbocycles. The summed E-state index contributed by atoms with van der Waals surface area (Å²) < 4.78 is 5.42. The molecule has 2 fully saturated rings. The van der Waals surface area contributed by atoms with Crippen LogP contribution in [0.4, 0.5) is 4.79 Å². The zero-order valence-electron chi connectivity index (χ0n) is 11.0. The average Bonchev–Trinajstić information content (AvgIpc) is 2.57. The van der Waals surface area contributed by atoms with Crippen LogP contribution in [-0.2, 0) is 4.74 Å². The van der Waals surface area contributed by atoms with Crippen molar-refractivity contribution in [1.29, 1.82) is 0 Å². The highest BCUT2D eigenvalue weighted by molar-refractivity contribution is 7.80. The number of hydrogen-bond donors (Lipinski definition) is 1. The highest BCUT2D eigenvalue weighted by atomic mass is 32.1. The second kappa shape index (κ2) is 4.71. The predicted molar refractivity (Wildman–Crippen MR) is 71.4 cm³/mol. The number of fused-ring (bicyclic) bond motifs is 1. The molecule has 0 aromatic heterocycles. The number of rotatable bonds is 0. The molecule has 0 aromatic rings. The number of hydrogen-bond acceptors (Lipinski definition) is 3. The van der Waals surface area contributed by atoms with Gasteiger partial charge in [-0.05, 0) is 51.9 Å². The lowest BCUT2D eigenvalue weighted by atomic mass is 9.81. The van der Waals surface area contributed by atoms with Crippen LogP contribution in [-0.4, -0.2) is 34.9 Å². The normalized spacial score (nSPS) is 33.4. The van der Waals surface area contributed by atoms with Crippen molar-refractivity contribution < 1.29 is 9.53 Å². The van der Waals surface area contributed by atoms with Crippen molar-refractivity contribution in [3.8, 4) is 0 Å². The van der Waals surface area contributed by atoms with Crippen LogP contribution in [0.2, 0.25) is 0 Å². The Bertz CT molecular complexity index is 300. The quantitative estimate of drug-likeness (QED) is 0.676. The summed E-state index contributed by atoms with van der Waals surface area (Å²) >= 11 is 4.56. The molecule has 4 heteroatoms.